The zero-order valence-electron chi connectivity index (χ0n) is 13.5. The first-order chi connectivity index (χ1) is 11.0. The number of likely N-dealkylation sites (tertiary alicyclic amines) is 1. The number of sulfonamides is 1. The number of carbonyl (C=O) groups excluding carboxylic acids is 1. The molecular weight excluding hydrogens is 316 g/mol. The maximum absolute atomic E-state index is 12.4. The Morgan fingerprint density at radius 1 is 1.30 bits per heavy atom. The van der Waals surface area contributed by atoms with Crippen LogP contribution >= 0.6 is 0 Å². The molecule has 128 valence electrons. The van der Waals surface area contributed by atoms with E-state index >= 15 is 0 Å². The topological polar surface area (TPSA) is 84.3 Å². The summed E-state index contributed by atoms with van der Waals surface area (Å²) < 4.78 is 29.5. The standard InChI is InChI=1S/C15H24N4O3S/c1-12(20)18-8-5-13(6-9-18)10-16-23(21,22)15-11-19-7-3-2-4-14(19)17-15/h11,13,16H,2-10H2,1H3. The van der Waals surface area contributed by atoms with Crippen molar-refractivity contribution in [3.8, 4) is 0 Å². The summed E-state index contributed by atoms with van der Waals surface area (Å²) in [7, 11) is -3.55. The fourth-order valence-corrected chi connectivity index (χ4v) is 4.36. The van der Waals surface area contributed by atoms with E-state index in [1.807, 2.05) is 9.47 Å². The molecular formula is C15H24N4O3S. The van der Waals surface area contributed by atoms with Crippen molar-refractivity contribution < 1.29 is 13.2 Å². The van der Waals surface area contributed by atoms with Gasteiger partial charge in [-0.25, -0.2) is 18.1 Å². The van der Waals surface area contributed by atoms with Crippen LogP contribution in [0.5, 0.6) is 0 Å². The van der Waals surface area contributed by atoms with Crippen molar-refractivity contribution >= 4 is 15.9 Å². The van der Waals surface area contributed by atoms with Gasteiger partial charge < -0.3 is 9.47 Å². The minimum Gasteiger partial charge on any atom is -0.343 e. The van der Waals surface area contributed by atoms with Gasteiger partial charge in [-0.05, 0) is 31.6 Å². The average Bonchev–Trinajstić information content (AvgIpc) is 2.98. The van der Waals surface area contributed by atoms with Gasteiger partial charge in [0.1, 0.15) is 5.82 Å². The Morgan fingerprint density at radius 2 is 2.04 bits per heavy atom. The molecule has 1 aromatic heterocycles. The molecule has 1 amide bonds. The van der Waals surface area contributed by atoms with Crippen LogP contribution in [0.15, 0.2) is 11.2 Å². The van der Waals surface area contributed by atoms with Gasteiger partial charge in [-0.1, -0.05) is 0 Å². The third-order valence-electron chi connectivity index (χ3n) is 4.78. The number of piperidine rings is 1. The van der Waals surface area contributed by atoms with Gasteiger partial charge in [-0.2, -0.15) is 0 Å². The van der Waals surface area contributed by atoms with E-state index in [0.29, 0.717) is 19.6 Å². The van der Waals surface area contributed by atoms with Crippen LogP contribution in [0.4, 0.5) is 0 Å². The lowest BCUT2D eigenvalue weighted by molar-refractivity contribution is -0.130. The van der Waals surface area contributed by atoms with Gasteiger partial charge in [0.05, 0.1) is 0 Å². The Kier molecular flexibility index (Phi) is 4.72. The number of hydrogen-bond donors (Lipinski definition) is 1. The van der Waals surface area contributed by atoms with Gasteiger partial charge >= 0.3 is 0 Å². The Hall–Kier alpha value is -1.41. The molecule has 1 fully saturated rings. The summed E-state index contributed by atoms with van der Waals surface area (Å²) in [5.74, 6) is 1.23. The molecule has 1 saturated heterocycles. The zero-order valence-corrected chi connectivity index (χ0v) is 14.3. The minimum atomic E-state index is -3.55. The number of hydrogen-bond acceptors (Lipinski definition) is 4. The fraction of sp³-hybridized carbons (Fsp3) is 0.733. The molecule has 0 saturated carbocycles. The molecule has 23 heavy (non-hydrogen) atoms. The average molecular weight is 340 g/mol. The molecule has 1 N–H and O–H groups in total. The SMILES string of the molecule is CC(=O)N1CCC(CNS(=O)(=O)c2cn3c(n2)CCCC3)CC1. The van der Waals surface area contributed by atoms with Gasteiger partial charge in [0, 0.05) is 45.7 Å². The van der Waals surface area contributed by atoms with Crippen molar-refractivity contribution in [1.29, 1.82) is 0 Å². The van der Waals surface area contributed by atoms with Crippen molar-refractivity contribution in [2.75, 3.05) is 19.6 Å². The van der Waals surface area contributed by atoms with Crippen LogP contribution in [0.25, 0.3) is 0 Å². The van der Waals surface area contributed by atoms with E-state index in [0.717, 1.165) is 44.5 Å². The highest BCUT2D eigenvalue weighted by molar-refractivity contribution is 7.89. The van der Waals surface area contributed by atoms with E-state index in [-0.39, 0.29) is 16.9 Å². The number of nitrogens with one attached hydrogen (secondary N) is 1. The van der Waals surface area contributed by atoms with E-state index in [4.69, 9.17) is 0 Å². The van der Waals surface area contributed by atoms with E-state index in [9.17, 15) is 13.2 Å². The molecule has 7 nitrogen and oxygen atoms in total. The Bertz CT molecular complexity index is 651. The second-order valence-corrected chi connectivity index (χ2v) is 8.16. The van der Waals surface area contributed by atoms with Crippen molar-refractivity contribution in [2.24, 2.45) is 5.92 Å². The van der Waals surface area contributed by atoms with E-state index in [2.05, 4.69) is 9.71 Å². The summed E-state index contributed by atoms with van der Waals surface area (Å²) >= 11 is 0. The Balaban J connectivity index is 1.57. The number of nitrogens with zero attached hydrogens (tertiary/aromatic N) is 3. The molecule has 0 spiro atoms. The predicted octanol–water partition coefficient (Wildman–Crippen LogP) is 0.756. The van der Waals surface area contributed by atoms with Gasteiger partial charge in [0.25, 0.3) is 10.0 Å². The van der Waals surface area contributed by atoms with Crippen molar-refractivity contribution in [2.45, 2.75) is 50.6 Å². The van der Waals surface area contributed by atoms with Crippen LogP contribution in [0.2, 0.25) is 0 Å². The molecule has 0 unspecified atom stereocenters. The first kappa shape index (κ1) is 16.4. The fourth-order valence-electron chi connectivity index (χ4n) is 3.27. The molecule has 0 aromatic carbocycles. The van der Waals surface area contributed by atoms with Crippen LogP contribution < -0.4 is 4.72 Å². The van der Waals surface area contributed by atoms with E-state index in [1.165, 1.54) is 0 Å². The predicted molar refractivity (Wildman–Crippen MR) is 85.3 cm³/mol. The Morgan fingerprint density at radius 3 is 2.70 bits per heavy atom. The van der Waals surface area contributed by atoms with Crippen molar-refractivity contribution in [3.05, 3.63) is 12.0 Å². The lowest BCUT2D eigenvalue weighted by atomic mass is 9.97. The summed E-state index contributed by atoms with van der Waals surface area (Å²) in [6, 6.07) is 0. The highest BCUT2D eigenvalue weighted by Gasteiger charge is 2.25. The van der Waals surface area contributed by atoms with Gasteiger partial charge in [-0.15, -0.1) is 0 Å². The smallest absolute Gasteiger partial charge is 0.259 e. The number of aromatic nitrogens is 2. The molecule has 0 aliphatic carbocycles. The van der Waals surface area contributed by atoms with Crippen molar-refractivity contribution in [1.82, 2.24) is 19.2 Å². The van der Waals surface area contributed by atoms with Crippen LogP contribution in [0.1, 0.15) is 38.4 Å². The second-order valence-electron chi connectivity index (χ2n) is 6.45. The number of rotatable bonds is 4. The third kappa shape index (κ3) is 3.74. The molecule has 1 aromatic rings. The highest BCUT2D eigenvalue weighted by Crippen LogP contribution is 2.19. The van der Waals surface area contributed by atoms with Gasteiger partial charge in [0.2, 0.25) is 5.91 Å². The molecule has 8 heteroatoms. The molecule has 2 aliphatic rings. The summed E-state index contributed by atoms with van der Waals surface area (Å²) in [6.07, 6.45) is 6.31. The maximum atomic E-state index is 12.4. The highest BCUT2D eigenvalue weighted by atomic mass is 32.2. The normalized spacial score (nSPS) is 19.6. The van der Waals surface area contributed by atoms with Crippen molar-refractivity contribution in [3.63, 3.8) is 0 Å². The minimum absolute atomic E-state index is 0.0904. The third-order valence-corrected chi connectivity index (χ3v) is 6.08. The molecule has 3 rings (SSSR count). The first-order valence-electron chi connectivity index (χ1n) is 8.27. The second kappa shape index (κ2) is 6.60. The maximum Gasteiger partial charge on any atom is 0.259 e. The van der Waals surface area contributed by atoms with Gasteiger partial charge in [-0.3, -0.25) is 4.79 Å². The monoisotopic (exact) mass is 340 g/mol. The van der Waals surface area contributed by atoms with Gasteiger partial charge in [0.15, 0.2) is 5.03 Å². The van der Waals surface area contributed by atoms with Crippen LogP contribution in [-0.4, -0.2) is 48.4 Å². The molecule has 0 radical (unpaired) electrons. The summed E-state index contributed by atoms with van der Waals surface area (Å²) in [6.45, 7) is 4.25. The lowest BCUT2D eigenvalue weighted by Crippen LogP contribution is -2.40. The zero-order chi connectivity index (χ0) is 16.4. The summed E-state index contributed by atoms with van der Waals surface area (Å²) in [5, 5.41) is 0.135. The summed E-state index contributed by atoms with van der Waals surface area (Å²) in [4.78, 5) is 17.4. The number of carbonyl (C=O) groups is 1. The molecule has 0 bridgehead atoms. The van der Waals surface area contributed by atoms with E-state index in [1.54, 1.807) is 13.1 Å². The largest absolute Gasteiger partial charge is 0.343 e. The first-order valence-corrected chi connectivity index (χ1v) is 9.75. The lowest BCUT2D eigenvalue weighted by Gasteiger charge is -2.31. The number of amides is 1. The number of fused-ring (bicyclic) bond motifs is 1. The quantitative estimate of drug-likeness (QED) is 0.877. The molecule has 3 heterocycles. The Labute approximate surface area is 137 Å². The molecule has 2 aliphatic heterocycles. The molecule has 0 atom stereocenters. The number of imidazole rings is 1. The number of aryl methyl sites for hydroxylation is 2. The summed E-state index contributed by atoms with van der Waals surface area (Å²) in [5.41, 5.74) is 0. The van der Waals surface area contributed by atoms with Crippen LogP contribution in [0.3, 0.4) is 0 Å². The van der Waals surface area contributed by atoms with E-state index < -0.39 is 10.0 Å². The van der Waals surface area contributed by atoms with Crippen LogP contribution in [-0.2, 0) is 27.8 Å². The van der Waals surface area contributed by atoms with Crippen LogP contribution in [0, 0.1) is 5.92 Å².